The van der Waals surface area contributed by atoms with Gasteiger partial charge in [0.05, 0.1) is 12.8 Å². The summed E-state index contributed by atoms with van der Waals surface area (Å²) in [5, 5.41) is 9.04. The number of aliphatic hydroxyl groups is 1. The fourth-order valence-electron chi connectivity index (χ4n) is 1.89. The van der Waals surface area contributed by atoms with Crippen molar-refractivity contribution in [3.8, 4) is 0 Å². The number of nitrogens with zero attached hydrogens (tertiary/aromatic N) is 2. The van der Waals surface area contributed by atoms with Gasteiger partial charge in [-0.15, -0.1) is 0 Å². The van der Waals surface area contributed by atoms with Gasteiger partial charge in [-0.1, -0.05) is 13.8 Å². The summed E-state index contributed by atoms with van der Waals surface area (Å²) in [4.78, 5) is 31.0. The zero-order valence-electron chi connectivity index (χ0n) is 10.7. The van der Waals surface area contributed by atoms with Crippen molar-refractivity contribution >= 4 is 5.91 Å². The Hall–Kier alpha value is -1.69. The number of hydrogen-bond acceptors (Lipinski definition) is 4. The van der Waals surface area contributed by atoms with Crippen molar-refractivity contribution in [2.24, 2.45) is 0 Å². The quantitative estimate of drug-likeness (QED) is 0.768. The molecule has 0 fully saturated rings. The highest BCUT2D eigenvalue weighted by Gasteiger charge is 2.22. The van der Waals surface area contributed by atoms with E-state index < -0.39 is 0 Å². The predicted molar refractivity (Wildman–Crippen MR) is 67.4 cm³/mol. The third kappa shape index (κ3) is 3.40. The van der Waals surface area contributed by atoms with Crippen LogP contribution in [0, 0.1) is 0 Å². The maximum Gasteiger partial charge on any atom is 0.274 e. The minimum absolute atomic E-state index is 0.0679. The van der Waals surface area contributed by atoms with Crippen molar-refractivity contribution in [3.63, 3.8) is 0 Å². The molecule has 0 aliphatic heterocycles. The van der Waals surface area contributed by atoms with Crippen LogP contribution >= 0.6 is 0 Å². The van der Waals surface area contributed by atoms with E-state index in [9.17, 15) is 9.59 Å². The molecule has 0 atom stereocenters. The molecule has 1 heterocycles. The van der Waals surface area contributed by atoms with Crippen LogP contribution in [0.25, 0.3) is 0 Å². The molecule has 6 nitrogen and oxygen atoms in total. The maximum absolute atomic E-state index is 12.2. The van der Waals surface area contributed by atoms with Gasteiger partial charge in [-0.2, -0.15) is 0 Å². The topological polar surface area (TPSA) is 86.3 Å². The first kappa shape index (κ1) is 14.4. The Labute approximate surface area is 106 Å². The van der Waals surface area contributed by atoms with Crippen LogP contribution in [0.1, 0.15) is 37.2 Å². The number of amides is 1. The van der Waals surface area contributed by atoms with Crippen LogP contribution in [0.5, 0.6) is 0 Å². The molecule has 0 unspecified atom stereocenters. The molecule has 1 aromatic heterocycles. The molecular formula is C12H19N3O3. The van der Waals surface area contributed by atoms with Gasteiger partial charge in [-0.05, 0) is 12.8 Å². The van der Waals surface area contributed by atoms with Crippen LogP contribution in [-0.4, -0.2) is 45.1 Å². The van der Waals surface area contributed by atoms with E-state index in [1.807, 2.05) is 13.8 Å². The number of hydrogen-bond donors (Lipinski definition) is 2. The van der Waals surface area contributed by atoms with Crippen molar-refractivity contribution in [3.05, 3.63) is 28.4 Å². The highest BCUT2D eigenvalue weighted by molar-refractivity contribution is 5.92. The van der Waals surface area contributed by atoms with Crippen LogP contribution in [0.15, 0.2) is 17.2 Å². The van der Waals surface area contributed by atoms with E-state index in [1.165, 1.54) is 6.20 Å². The molecule has 1 rings (SSSR count). The molecule has 0 aliphatic carbocycles. The van der Waals surface area contributed by atoms with Crippen LogP contribution in [0.4, 0.5) is 0 Å². The summed E-state index contributed by atoms with van der Waals surface area (Å²) in [7, 11) is 0. The Morgan fingerprint density at radius 3 is 2.61 bits per heavy atom. The number of aromatic amines is 1. The molecule has 1 amide bonds. The average molecular weight is 253 g/mol. The third-order valence-corrected chi connectivity index (χ3v) is 2.88. The smallest absolute Gasteiger partial charge is 0.274 e. The van der Waals surface area contributed by atoms with Crippen LogP contribution in [0.3, 0.4) is 0 Å². The number of aliphatic hydroxyl groups excluding tert-OH is 1. The summed E-state index contributed by atoms with van der Waals surface area (Å²) in [6.07, 6.45) is 4.01. The maximum atomic E-state index is 12.2. The number of nitrogens with one attached hydrogen (secondary N) is 1. The first-order valence-electron chi connectivity index (χ1n) is 6.10. The fourth-order valence-corrected chi connectivity index (χ4v) is 1.89. The Balaban J connectivity index is 2.94. The van der Waals surface area contributed by atoms with Crippen molar-refractivity contribution < 1.29 is 9.90 Å². The van der Waals surface area contributed by atoms with E-state index in [4.69, 9.17) is 5.11 Å². The van der Waals surface area contributed by atoms with Gasteiger partial charge in [-0.25, -0.2) is 4.98 Å². The lowest BCUT2D eigenvalue weighted by Gasteiger charge is -2.29. The Kier molecular flexibility index (Phi) is 5.51. The van der Waals surface area contributed by atoms with Gasteiger partial charge in [0.15, 0.2) is 0 Å². The van der Waals surface area contributed by atoms with Crippen LogP contribution in [-0.2, 0) is 0 Å². The first-order valence-corrected chi connectivity index (χ1v) is 6.10. The second-order valence-electron chi connectivity index (χ2n) is 3.99. The zero-order chi connectivity index (χ0) is 13.5. The summed E-state index contributed by atoms with van der Waals surface area (Å²) >= 11 is 0. The lowest BCUT2D eigenvalue weighted by atomic mass is 10.1. The number of aromatic nitrogens is 2. The highest BCUT2D eigenvalue weighted by Crippen LogP contribution is 2.11. The molecule has 1 aromatic rings. The number of carbonyl (C=O) groups excluding carboxylic acids is 1. The second-order valence-corrected chi connectivity index (χ2v) is 3.99. The second kappa shape index (κ2) is 6.90. The monoisotopic (exact) mass is 253 g/mol. The first-order chi connectivity index (χ1) is 8.63. The van der Waals surface area contributed by atoms with Crippen LogP contribution < -0.4 is 5.56 Å². The lowest BCUT2D eigenvalue weighted by Crippen LogP contribution is -2.42. The van der Waals surface area contributed by atoms with E-state index in [-0.39, 0.29) is 36.4 Å². The van der Waals surface area contributed by atoms with E-state index in [1.54, 1.807) is 4.90 Å². The largest absolute Gasteiger partial charge is 0.395 e. The third-order valence-electron chi connectivity index (χ3n) is 2.88. The molecule has 2 N–H and O–H groups in total. The molecule has 0 spiro atoms. The zero-order valence-corrected chi connectivity index (χ0v) is 10.7. The van der Waals surface area contributed by atoms with Gasteiger partial charge in [0.1, 0.15) is 5.69 Å². The molecule has 18 heavy (non-hydrogen) atoms. The molecule has 0 radical (unpaired) electrons. The van der Waals surface area contributed by atoms with E-state index in [0.717, 1.165) is 19.0 Å². The highest BCUT2D eigenvalue weighted by atomic mass is 16.3. The standard InChI is InChI=1S/C12H19N3O3/c1-3-9(4-2)15(5-6-16)12(18)10-7-14-11(17)8-13-10/h7-9,16H,3-6H2,1-2H3,(H,14,17). The van der Waals surface area contributed by atoms with Gasteiger partial charge >= 0.3 is 0 Å². The van der Waals surface area contributed by atoms with Gasteiger partial charge in [0, 0.05) is 18.8 Å². The molecule has 6 heteroatoms. The Morgan fingerprint density at radius 2 is 2.17 bits per heavy atom. The lowest BCUT2D eigenvalue weighted by molar-refractivity contribution is 0.0616. The van der Waals surface area contributed by atoms with Gasteiger partial charge < -0.3 is 15.0 Å². The Bertz CT molecular complexity index is 420. The molecular weight excluding hydrogens is 234 g/mol. The average Bonchev–Trinajstić information content (AvgIpc) is 2.39. The van der Waals surface area contributed by atoms with Crippen molar-refractivity contribution in [2.75, 3.05) is 13.2 Å². The fraction of sp³-hybridized carbons (Fsp3) is 0.583. The van der Waals surface area contributed by atoms with Crippen molar-refractivity contribution in [1.82, 2.24) is 14.9 Å². The number of rotatable bonds is 6. The Morgan fingerprint density at radius 1 is 1.50 bits per heavy atom. The molecule has 0 saturated heterocycles. The molecule has 100 valence electrons. The molecule has 0 bridgehead atoms. The normalized spacial score (nSPS) is 10.7. The minimum Gasteiger partial charge on any atom is -0.395 e. The van der Waals surface area contributed by atoms with E-state index in [0.29, 0.717) is 0 Å². The predicted octanol–water partition coefficient (Wildman–Crippen LogP) is 0.393. The molecule has 0 aromatic carbocycles. The van der Waals surface area contributed by atoms with E-state index >= 15 is 0 Å². The number of carbonyl (C=O) groups is 1. The SMILES string of the molecule is CCC(CC)N(CCO)C(=O)c1c[nH]c(=O)cn1. The van der Waals surface area contributed by atoms with Crippen molar-refractivity contribution in [1.29, 1.82) is 0 Å². The summed E-state index contributed by atoms with van der Waals surface area (Å²) in [6.45, 7) is 4.16. The van der Waals surface area contributed by atoms with Gasteiger partial charge in [-0.3, -0.25) is 9.59 Å². The van der Waals surface area contributed by atoms with Gasteiger partial charge in [0.25, 0.3) is 11.5 Å². The minimum atomic E-state index is -0.345. The summed E-state index contributed by atoms with van der Waals surface area (Å²) in [5.74, 6) is -0.269. The van der Waals surface area contributed by atoms with Crippen LogP contribution in [0.2, 0.25) is 0 Å². The summed E-state index contributed by atoms with van der Waals surface area (Å²) in [5.41, 5.74) is -0.155. The van der Waals surface area contributed by atoms with E-state index in [2.05, 4.69) is 9.97 Å². The van der Waals surface area contributed by atoms with Gasteiger partial charge in [0.2, 0.25) is 0 Å². The molecule has 0 saturated carbocycles. The summed E-state index contributed by atoms with van der Waals surface area (Å²) < 4.78 is 0. The number of H-pyrrole nitrogens is 1. The van der Waals surface area contributed by atoms with Crippen molar-refractivity contribution in [2.45, 2.75) is 32.7 Å². The summed E-state index contributed by atoms with van der Waals surface area (Å²) in [6, 6.07) is 0.0679. The molecule has 0 aliphatic rings.